The number of rotatable bonds is 6. The lowest BCUT2D eigenvalue weighted by molar-refractivity contribution is -0.121. The molecule has 0 aliphatic rings. The van der Waals surface area contributed by atoms with Crippen molar-refractivity contribution in [3.8, 4) is 0 Å². The van der Waals surface area contributed by atoms with E-state index < -0.39 is 0 Å². The number of amides is 1. The molecule has 1 N–H and O–H groups in total. The smallest absolute Gasteiger partial charge is 0.221 e. The van der Waals surface area contributed by atoms with Crippen LogP contribution in [-0.4, -0.2) is 32.0 Å². The number of hydrogen-bond acceptors (Lipinski definition) is 3. The molecule has 8 heteroatoms. The maximum Gasteiger partial charge on any atom is 0.221 e. The van der Waals surface area contributed by atoms with E-state index in [1.54, 1.807) is 15.6 Å². The van der Waals surface area contributed by atoms with Gasteiger partial charge in [0.2, 0.25) is 5.91 Å². The first-order valence-electron chi connectivity index (χ1n) is 6.61. The van der Waals surface area contributed by atoms with Crippen LogP contribution in [0.15, 0.2) is 16.9 Å². The third kappa shape index (κ3) is 4.31. The van der Waals surface area contributed by atoms with Gasteiger partial charge in [0, 0.05) is 19.2 Å². The first-order valence-corrected chi connectivity index (χ1v) is 7.78. The van der Waals surface area contributed by atoms with Crippen molar-refractivity contribution in [2.45, 2.75) is 33.4 Å². The highest BCUT2D eigenvalue weighted by atomic mass is 79.9. The minimum absolute atomic E-state index is 0.00935. The maximum atomic E-state index is 11.8. The van der Waals surface area contributed by atoms with Crippen molar-refractivity contribution in [2.75, 3.05) is 6.54 Å². The molecule has 0 saturated carbocycles. The standard InChI is InChI=1S/C13H17BrClN5O/c1-9-13(15)10(2)20(18-9)5-3-12(21)16-4-6-19-8-11(14)7-17-19/h7-8H,3-6H2,1-2H3,(H,16,21). The zero-order valence-electron chi connectivity index (χ0n) is 11.9. The van der Waals surface area contributed by atoms with E-state index in [0.29, 0.717) is 31.1 Å². The van der Waals surface area contributed by atoms with E-state index in [-0.39, 0.29) is 5.91 Å². The molecule has 2 heterocycles. The summed E-state index contributed by atoms with van der Waals surface area (Å²) >= 11 is 9.40. The summed E-state index contributed by atoms with van der Waals surface area (Å²) in [4.78, 5) is 11.8. The van der Waals surface area contributed by atoms with Crippen LogP contribution in [0.4, 0.5) is 0 Å². The van der Waals surface area contributed by atoms with Crippen LogP contribution >= 0.6 is 27.5 Å². The van der Waals surface area contributed by atoms with Crippen molar-refractivity contribution in [2.24, 2.45) is 0 Å². The quantitative estimate of drug-likeness (QED) is 0.844. The number of hydrogen-bond donors (Lipinski definition) is 1. The van der Waals surface area contributed by atoms with Crippen molar-refractivity contribution in [3.63, 3.8) is 0 Å². The van der Waals surface area contributed by atoms with Gasteiger partial charge in [-0.05, 0) is 29.8 Å². The Labute approximate surface area is 136 Å². The topological polar surface area (TPSA) is 64.7 Å². The predicted octanol–water partition coefficient (Wildman–Crippen LogP) is 2.32. The lowest BCUT2D eigenvalue weighted by Gasteiger charge is -2.07. The van der Waals surface area contributed by atoms with Crippen molar-refractivity contribution in [1.29, 1.82) is 0 Å². The van der Waals surface area contributed by atoms with Crippen LogP contribution in [0.2, 0.25) is 5.02 Å². The van der Waals surface area contributed by atoms with Crippen LogP contribution in [0.25, 0.3) is 0 Å². The molecular formula is C13H17BrClN5O. The third-order valence-electron chi connectivity index (χ3n) is 3.11. The van der Waals surface area contributed by atoms with E-state index in [1.807, 2.05) is 20.0 Å². The van der Waals surface area contributed by atoms with E-state index in [1.165, 1.54) is 0 Å². The number of carbonyl (C=O) groups excluding carboxylic acids is 1. The monoisotopic (exact) mass is 373 g/mol. The van der Waals surface area contributed by atoms with E-state index in [9.17, 15) is 4.79 Å². The van der Waals surface area contributed by atoms with Crippen LogP contribution in [0.5, 0.6) is 0 Å². The summed E-state index contributed by atoms with van der Waals surface area (Å²) in [5.74, 6) is -0.00935. The molecule has 21 heavy (non-hydrogen) atoms. The van der Waals surface area contributed by atoms with Crippen LogP contribution in [0.3, 0.4) is 0 Å². The molecule has 0 spiro atoms. The predicted molar refractivity (Wildman–Crippen MR) is 84.3 cm³/mol. The van der Waals surface area contributed by atoms with Crippen molar-refractivity contribution in [3.05, 3.63) is 33.3 Å². The number of aromatic nitrogens is 4. The molecule has 6 nitrogen and oxygen atoms in total. The highest BCUT2D eigenvalue weighted by Crippen LogP contribution is 2.18. The lowest BCUT2D eigenvalue weighted by Crippen LogP contribution is -2.28. The Hall–Kier alpha value is -1.34. The molecule has 1 amide bonds. The van der Waals surface area contributed by atoms with Crippen LogP contribution in [0, 0.1) is 13.8 Å². The Balaban J connectivity index is 1.73. The molecule has 0 aromatic carbocycles. The number of halogens is 2. The SMILES string of the molecule is Cc1nn(CCC(=O)NCCn2cc(Br)cn2)c(C)c1Cl. The Kier molecular flexibility index (Phi) is 5.41. The Morgan fingerprint density at radius 2 is 2.19 bits per heavy atom. The van der Waals surface area contributed by atoms with Gasteiger partial charge in [0.05, 0.1) is 40.2 Å². The molecule has 0 atom stereocenters. The summed E-state index contributed by atoms with van der Waals surface area (Å²) in [6.07, 6.45) is 3.96. The van der Waals surface area contributed by atoms with E-state index in [0.717, 1.165) is 15.9 Å². The van der Waals surface area contributed by atoms with Crippen LogP contribution < -0.4 is 5.32 Å². The van der Waals surface area contributed by atoms with Gasteiger partial charge >= 0.3 is 0 Å². The minimum atomic E-state index is -0.00935. The largest absolute Gasteiger partial charge is 0.354 e. The molecule has 2 rings (SSSR count). The molecule has 0 saturated heterocycles. The molecule has 0 fully saturated rings. The molecule has 0 unspecified atom stereocenters. The molecule has 0 radical (unpaired) electrons. The Bertz CT molecular complexity index is 637. The second kappa shape index (κ2) is 7.09. The fourth-order valence-electron chi connectivity index (χ4n) is 1.96. The van der Waals surface area contributed by atoms with Crippen molar-refractivity contribution in [1.82, 2.24) is 24.9 Å². The second-order valence-corrected chi connectivity index (χ2v) is 6.02. The molecule has 0 aliphatic carbocycles. The van der Waals surface area contributed by atoms with Gasteiger partial charge in [0.25, 0.3) is 0 Å². The van der Waals surface area contributed by atoms with Crippen LogP contribution in [0.1, 0.15) is 17.8 Å². The van der Waals surface area contributed by atoms with E-state index in [2.05, 4.69) is 31.4 Å². The fraction of sp³-hybridized carbons (Fsp3) is 0.462. The molecule has 2 aromatic rings. The summed E-state index contributed by atoms with van der Waals surface area (Å²) < 4.78 is 4.46. The summed E-state index contributed by atoms with van der Waals surface area (Å²) in [6.45, 7) is 5.47. The van der Waals surface area contributed by atoms with Crippen LogP contribution in [-0.2, 0) is 17.9 Å². The summed E-state index contributed by atoms with van der Waals surface area (Å²) in [5.41, 5.74) is 1.68. The second-order valence-electron chi connectivity index (χ2n) is 4.73. The van der Waals surface area contributed by atoms with Gasteiger partial charge in [-0.1, -0.05) is 11.6 Å². The van der Waals surface area contributed by atoms with Crippen molar-refractivity contribution < 1.29 is 4.79 Å². The Morgan fingerprint density at radius 1 is 1.43 bits per heavy atom. The summed E-state index contributed by atoms with van der Waals surface area (Å²) in [6, 6.07) is 0. The number of nitrogens with zero attached hydrogens (tertiary/aromatic N) is 4. The van der Waals surface area contributed by atoms with Gasteiger partial charge in [-0.25, -0.2) is 0 Å². The van der Waals surface area contributed by atoms with Gasteiger partial charge in [0.1, 0.15) is 0 Å². The van der Waals surface area contributed by atoms with Gasteiger partial charge in [-0.15, -0.1) is 0 Å². The van der Waals surface area contributed by atoms with Gasteiger partial charge in [0.15, 0.2) is 0 Å². The third-order valence-corrected chi connectivity index (χ3v) is 4.07. The van der Waals surface area contributed by atoms with E-state index >= 15 is 0 Å². The average molecular weight is 375 g/mol. The summed E-state index contributed by atoms with van der Waals surface area (Å²) in [5, 5.41) is 11.9. The lowest BCUT2D eigenvalue weighted by atomic mass is 10.3. The molecule has 114 valence electrons. The fourth-order valence-corrected chi connectivity index (χ4v) is 2.42. The number of nitrogens with one attached hydrogen (secondary N) is 1. The molecule has 2 aromatic heterocycles. The number of aryl methyl sites for hydroxylation is 2. The normalized spacial score (nSPS) is 10.9. The zero-order valence-corrected chi connectivity index (χ0v) is 14.3. The molecule has 0 aliphatic heterocycles. The van der Waals surface area contributed by atoms with E-state index in [4.69, 9.17) is 11.6 Å². The molecular weight excluding hydrogens is 358 g/mol. The number of carbonyl (C=O) groups is 1. The first-order chi connectivity index (χ1) is 9.97. The highest BCUT2D eigenvalue weighted by Gasteiger charge is 2.10. The Morgan fingerprint density at radius 3 is 2.76 bits per heavy atom. The van der Waals surface area contributed by atoms with Gasteiger partial charge in [-0.2, -0.15) is 10.2 Å². The zero-order chi connectivity index (χ0) is 15.4. The summed E-state index contributed by atoms with van der Waals surface area (Å²) in [7, 11) is 0. The van der Waals surface area contributed by atoms with Gasteiger partial charge < -0.3 is 5.32 Å². The highest BCUT2D eigenvalue weighted by molar-refractivity contribution is 9.10. The first kappa shape index (κ1) is 16.0. The average Bonchev–Trinajstić information content (AvgIpc) is 2.96. The minimum Gasteiger partial charge on any atom is -0.354 e. The van der Waals surface area contributed by atoms with Crippen molar-refractivity contribution >= 4 is 33.4 Å². The molecule has 0 bridgehead atoms. The maximum absolute atomic E-state index is 11.8. The van der Waals surface area contributed by atoms with Gasteiger partial charge in [-0.3, -0.25) is 14.2 Å².